The van der Waals surface area contributed by atoms with Crippen molar-refractivity contribution in [2.75, 3.05) is 0 Å². The highest BCUT2D eigenvalue weighted by atomic mass is 16.2. The van der Waals surface area contributed by atoms with E-state index in [1.165, 1.54) is 0 Å². The van der Waals surface area contributed by atoms with Crippen LogP contribution in [0, 0.1) is 0 Å². The summed E-state index contributed by atoms with van der Waals surface area (Å²) in [6, 6.07) is 3.76. The van der Waals surface area contributed by atoms with Gasteiger partial charge < -0.3 is 10.6 Å². The molecule has 2 N–H and O–H groups in total. The van der Waals surface area contributed by atoms with E-state index in [4.69, 9.17) is 0 Å². The second kappa shape index (κ2) is 5.34. The van der Waals surface area contributed by atoms with Crippen LogP contribution >= 0.6 is 0 Å². The minimum Gasteiger partial charge on any atom is -0.336 e. The van der Waals surface area contributed by atoms with Gasteiger partial charge in [0.25, 0.3) is 0 Å². The van der Waals surface area contributed by atoms with Crippen LogP contribution in [0.3, 0.4) is 0 Å². The minimum atomic E-state index is -0.152. The summed E-state index contributed by atoms with van der Waals surface area (Å²) in [7, 11) is 0. The second-order valence-corrected chi connectivity index (χ2v) is 3.78. The van der Waals surface area contributed by atoms with Crippen molar-refractivity contribution in [2.45, 2.75) is 32.9 Å². The maximum atomic E-state index is 11.4. The molecule has 2 amide bonds. The van der Waals surface area contributed by atoms with Gasteiger partial charge in [0, 0.05) is 18.4 Å². The molecule has 1 aromatic heterocycles. The molecule has 0 aliphatic rings. The Balaban J connectivity index is 2.49. The number of rotatable bonds is 3. The highest BCUT2D eigenvalue weighted by Crippen LogP contribution is 2.08. The summed E-state index contributed by atoms with van der Waals surface area (Å²) in [6.07, 6.45) is 3.46. The molecule has 0 bridgehead atoms. The lowest BCUT2D eigenvalue weighted by Crippen LogP contribution is -2.40. The van der Waals surface area contributed by atoms with Gasteiger partial charge in [0.15, 0.2) is 0 Å². The molecule has 82 valence electrons. The number of carbonyl (C=O) groups excluding carboxylic acids is 1. The number of pyridine rings is 1. The van der Waals surface area contributed by atoms with Gasteiger partial charge in [-0.1, -0.05) is 6.07 Å². The number of hydrogen-bond donors (Lipinski definition) is 2. The molecule has 1 atom stereocenters. The molecule has 0 aromatic carbocycles. The predicted octanol–water partition coefficient (Wildman–Crippen LogP) is 1.85. The third kappa shape index (κ3) is 3.97. The zero-order valence-electron chi connectivity index (χ0n) is 9.32. The largest absolute Gasteiger partial charge is 0.336 e. The maximum Gasteiger partial charge on any atom is 0.315 e. The molecule has 1 heterocycles. The molecule has 0 saturated heterocycles. The molecule has 0 radical (unpaired) electrons. The summed E-state index contributed by atoms with van der Waals surface area (Å²) in [5.74, 6) is 0. The van der Waals surface area contributed by atoms with Crippen LogP contribution in [-0.2, 0) is 0 Å². The third-order valence-electron chi connectivity index (χ3n) is 1.95. The lowest BCUT2D eigenvalue weighted by Gasteiger charge is -2.15. The Bertz CT molecular complexity index is 311. The Morgan fingerprint density at radius 1 is 1.33 bits per heavy atom. The molecule has 0 saturated carbocycles. The number of amides is 2. The van der Waals surface area contributed by atoms with Gasteiger partial charge in [-0.05, 0) is 32.4 Å². The van der Waals surface area contributed by atoms with E-state index in [1.54, 1.807) is 12.4 Å². The molecule has 0 aliphatic carbocycles. The van der Waals surface area contributed by atoms with Gasteiger partial charge in [0.05, 0.1) is 6.04 Å². The Kier molecular flexibility index (Phi) is 4.09. The fraction of sp³-hybridized carbons (Fsp3) is 0.455. The van der Waals surface area contributed by atoms with Crippen molar-refractivity contribution < 1.29 is 4.79 Å². The summed E-state index contributed by atoms with van der Waals surface area (Å²) in [6.45, 7) is 5.78. The number of urea groups is 1. The molecule has 0 unspecified atom stereocenters. The highest BCUT2D eigenvalue weighted by Gasteiger charge is 2.09. The number of aromatic nitrogens is 1. The van der Waals surface area contributed by atoms with Crippen molar-refractivity contribution >= 4 is 6.03 Å². The third-order valence-corrected chi connectivity index (χ3v) is 1.95. The van der Waals surface area contributed by atoms with Gasteiger partial charge in [0.2, 0.25) is 0 Å². The first kappa shape index (κ1) is 11.5. The summed E-state index contributed by atoms with van der Waals surface area (Å²) in [5, 5.41) is 5.61. The fourth-order valence-electron chi connectivity index (χ4n) is 1.22. The Morgan fingerprint density at radius 3 is 2.60 bits per heavy atom. The summed E-state index contributed by atoms with van der Waals surface area (Å²) < 4.78 is 0. The van der Waals surface area contributed by atoms with Crippen LogP contribution in [-0.4, -0.2) is 17.1 Å². The van der Waals surface area contributed by atoms with E-state index in [-0.39, 0.29) is 18.1 Å². The van der Waals surface area contributed by atoms with Gasteiger partial charge in [0.1, 0.15) is 0 Å². The van der Waals surface area contributed by atoms with Crippen LogP contribution in [0.25, 0.3) is 0 Å². The number of carbonyl (C=O) groups is 1. The standard InChI is InChI=1S/C11H17N3O/c1-8(2)13-11(15)14-9(3)10-5-4-6-12-7-10/h4-9H,1-3H3,(H2,13,14,15)/t9-/m0/s1. The van der Waals surface area contributed by atoms with Gasteiger partial charge >= 0.3 is 6.03 Å². The number of nitrogens with one attached hydrogen (secondary N) is 2. The Labute approximate surface area is 90.1 Å². The topological polar surface area (TPSA) is 54.0 Å². The first-order valence-corrected chi connectivity index (χ1v) is 5.06. The van der Waals surface area contributed by atoms with E-state index >= 15 is 0 Å². The van der Waals surface area contributed by atoms with Crippen molar-refractivity contribution in [3.05, 3.63) is 30.1 Å². The molecule has 1 rings (SSSR count). The van der Waals surface area contributed by atoms with Crippen LogP contribution in [0.5, 0.6) is 0 Å². The van der Waals surface area contributed by atoms with Crippen LogP contribution in [0.15, 0.2) is 24.5 Å². The molecular weight excluding hydrogens is 190 g/mol. The van der Waals surface area contributed by atoms with Crippen molar-refractivity contribution in [3.63, 3.8) is 0 Å². The molecule has 4 heteroatoms. The Morgan fingerprint density at radius 2 is 2.07 bits per heavy atom. The van der Waals surface area contributed by atoms with E-state index in [9.17, 15) is 4.79 Å². The number of nitrogens with zero attached hydrogens (tertiary/aromatic N) is 1. The van der Waals surface area contributed by atoms with E-state index in [0.717, 1.165) is 5.56 Å². The average Bonchev–Trinajstić information content (AvgIpc) is 2.17. The van der Waals surface area contributed by atoms with Gasteiger partial charge in [-0.3, -0.25) is 4.98 Å². The molecule has 0 aliphatic heterocycles. The maximum absolute atomic E-state index is 11.4. The molecule has 0 fully saturated rings. The van der Waals surface area contributed by atoms with E-state index in [0.29, 0.717) is 0 Å². The monoisotopic (exact) mass is 207 g/mol. The average molecular weight is 207 g/mol. The molecule has 0 spiro atoms. The lowest BCUT2D eigenvalue weighted by atomic mass is 10.1. The van der Waals surface area contributed by atoms with Crippen molar-refractivity contribution in [3.8, 4) is 0 Å². The number of hydrogen-bond acceptors (Lipinski definition) is 2. The fourth-order valence-corrected chi connectivity index (χ4v) is 1.22. The van der Waals surface area contributed by atoms with Crippen molar-refractivity contribution in [2.24, 2.45) is 0 Å². The second-order valence-electron chi connectivity index (χ2n) is 3.78. The van der Waals surface area contributed by atoms with Crippen molar-refractivity contribution in [1.82, 2.24) is 15.6 Å². The zero-order chi connectivity index (χ0) is 11.3. The summed E-state index contributed by atoms with van der Waals surface area (Å²) in [5.41, 5.74) is 0.997. The van der Waals surface area contributed by atoms with Gasteiger partial charge in [-0.15, -0.1) is 0 Å². The predicted molar refractivity (Wildman–Crippen MR) is 59.5 cm³/mol. The molecular formula is C11H17N3O. The minimum absolute atomic E-state index is 0.0301. The van der Waals surface area contributed by atoms with Crippen LogP contribution in [0.2, 0.25) is 0 Å². The first-order chi connectivity index (χ1) is 7.09. The van der Waals surface area contributed by atoms with Gasteiger partial charge in [-0.2, -0.15) is 0 Å². The van der Waals surface area contributed by atoms with Gasteiger partial charge in [-0.25, -0.2) is 4.79 Å². The van der Waals surface area contributed by atoms with Crippen LogP contribution < -0.4 is 10.6 Å². The molecule has 15 heavy (non-hydrogen) atoms. The van der Waals surface area contributed by atoms with Crippen molar-refractivity contribution in [1.29, 1.82) is 0 Å². The lowest BCUT2D eigenvalue weighted by molar-refractivity contribution is 0.235. The molecule has 1 aromatic rings. The summed E-state index contributed by atoms with van der Waals surface area (Å²) >= 11 is 0. The van der Waals surface area contributed by atoms with Crippen LogP contribution in [0.4, 0.5) is 4.79 Å². The zero-order valence-corrected chi connectivity index (χ0v) is 9.32. The van der Waals surface area contributed by atoms with Crippen LogP contribution in [0.1, 0.15) is 32.4 Å². The van der Waals surface area contributed by atoms with E-state index in [1.807, 2.05) is 32.9 Å². The van der Waals surface area contributed by atoms with E-state index < -0.39 is 0 Å². The highest BCUT2D eigenvalue weighted by molar-refractivity contribution is 5.74. The normalized spacial score (nSPS) is 12.3. The first-order valence-electron chi connectivity index (χ1n) is 5.06. The Hall–Kier alpha value is -1.58. The SMILES string of the molecule is CC(C)NC(=O)N[C@@H](C)c1cccnc1. The summed E-state index contributed by atoms with van der Waals surface area (Å²) in [4.78, 5) is 15.4. The van der Waals surface area contributed by atoms with E-state index in [2.05, 4.69) is 15.6 Å². The molecule has 4 nitrogen and oxygen atoms in total. The smallest absolute Gasteiger partial charge is 0.315 e. The quantitative estimate of drug-likeness (QED) is 0.794.